The van der Waals surface area contributed by atoms with E-state index in [-0.39, 0.29) is 12.2 Å². The second-order valence-corrected chi connectivity index (χ2v) is 10.4. The Morgan fingerprint density at radius 2 is 1.95 bits per heavy atom. The molecule has 0 bridgehead atoms. The molecule has 3 heterocycles. The first kappa shape index (κ1) is 28.0. The van der Waals surface area contributed by atoms with Crippen LogP contribution in [0.4, 0.5) is 4.39 Å². The molecule has 1 aliphatic heterocycles. The average Bonchev–Trinajstić information content (AvgIpc) is 3.29. The van der Waals surface area contributed by atoms with E-state index in [1.54, 1.807) is 43.5 Å². The number of carbonyl (C=O) groups is 1. The monoisotopic (exact) mass is 566 g/mol. The van der Waals surface area contributed by atoms with Crippen molar-refractivity contribution in [3.63, 3.8) is 0 Å². The van der Waals surface area contributed by atoms with Gasteiger partial charge in [0.05, 0.1) is 23.1 Å². The number of piperidine rings is 1. The first-order chi connectivity index (χ1) is 19.4. The molecule has 8 nitrogen and oxygen atoms in total. The van der Waals surface area contributed by atoms with Crippen molar-refractivity contribution < 1.29 is 23.8 Å². The Kier molecular flexibility index (Phi) is 8.94. The molecule has 1 N–H and O–H groups in total. The number of hydrogen-bond acceptors (Lipinski definition) is 6. The third-order valence-corrected chi connectivity index (χ3v) is 7.55. The summed E-state index contributed by atoms with van der Waals surface area (Å²) in [6.07, 6.45) is 2.69. The quantitative estimate of drug-likeness (QED) is 0.225. The number of benzene rings is 2. The van der Waals surface area contributed by atoms with Crippen LogP contribution in [0.3, 0.4) is 0 Å². The molecule has 1 aliphatic rings. The number of halogens is 2. The van der Waals surface area contributed by atoms with Gasteiger partial charge < -0.3 is 19.1 Å². The predicted octanol–water partition coefficient (Wildman–Crippen LogP) is 5.92. The highest BCUT2D eigenvalue weighted by Crippen LogP contribution is 2.29. The number of rotatable bonds is 11. The van der Waals surface area contributed by atoms with Crippen LogP contribution in [0.25, 0.3) is 11.0 Å². The molecule has 0 radical (unpaired) electrons. The largest absolute Gasteiger partial charge is 0.478 e. The van der Waals surface area contributed by atoms with Crippen LogP contribution in [-0.4, -0.2) is 57.3 Å². The lowest BCUT2D eigenvalue weighted by Crippen LogP contribution is -2.33. The number of methoxy groups -OCH3 is 1. The minimum atomic E-state index is -0.949. The molecule has 5 rings (SSSR count). The average molecular weight is 567 g/mol. The van der Waals surface area contributed by atoms with Crippen LogP contribution in [-0.2, 0) is 24.4 Å². The lowest BCUT2D eigenvalue weighted by atomic mass is 9.93. The van der Waals surface area contributed by atoms with E-state index in [4.69, 9.17) is 31.0 Å². The van der Waals surface area contributed by atoms with E-state index in [0.29, 0.717) is 42.1 Å². The zero-order valence-electron chi connectivity index (χ0n) is 22.4. The molecule has 1 saturated heterocycles. The number of imidazole rings is 1. The number of carboxylic acid groups (broad SMARTS) is 1. The van der Waals surface area contributed by atoms with Gasteiger partial charge in [0.2, 0.25) is 5.88 Å². The summed E-state index contributed by atoms with van der Waals surface area (Å²) in [6, 6.07) is 15.4. The third-order valence-electron chi connectivity index (χ3n) is 7.31. The first-order valence-electron chi connectivity index (χ1n) is 13.4. The number of carboxylic acids is 1. The van der Waals surface area contributed by atoms with Crippen LogP contribution < -0.4 is 4.74 Å². The number of ether oxygens (including phenoxy) is 2. The highest BCUT2D eigenvalue weighted by atomic mass is 35.5. The second kappa shape index (κ2) is 12.8. The molecular weight excluding hydrogens is 535 g/mol. The highest BCUT2D eigenvalue weighted by molar-refractivity contribution is 6.30. The molecule has 2 aromatic carbocycles. The van der Waals surface area contributed by atoms with Crippen LogP contribution in [0.1, 0.15) is 52.6 Å². The summed E-state index contributed by atoms with van der Waals surface area (Å²) in [5, 5.41) is 9.82. The van der Waals surface area contributed by atoms with Crippen molar-refractivity contribution in [3.05, 3.63) is 88.1 Å². The van der Waals surface area contributed by atoms with E-state index in [0.717, 1.165) is 54.9 Å². The molecule has 4 aromatic rings. The topological polar surface area (TPSA) is 89.7 Å². The standard InChI is InChI=1S/C30H32ClFN4O4/c1-39-15-3-12-36-27-16-21(30(37)38)7-9-26(27)33-28(36)18-35-13-10-20(11-14-35)25-4-2-5-29(34-25)40-19-22-6-8-23(31)17-24(22)32/h2,4-9,16-17,20H,3,10-15,18-19H2,1H3,(H,37,38). The number of nitrogens with zero attached hydrogens (tertiary/aromatic N) is 4. The molecule has 0 amide bonds. The van der Waals surface area contributed by atoms with Crippen molar-refractivity contribution in [2.45, 2.75) is 44.9 Å². The Bertz CT molecular complexity index is 1490. The second-order valence-electron chi connectivity index (χ2n) is 10.0. The maximum Gasteiger partial charge on any atom is 0.335 e. The van der Waals surface area contributed by atoms with Gasteiger partial charge in [0.1, 0.15) is 18.2 Å². The Hall–Kier alpha value is -3.53. The zero-order chi connectivity index (χ0) is 28.1. The summed E-state index contributed by atoms with van der Waals surface area (Å²) in [5.41, 5.74) is 3.29. The van der Waals surface area contributed by atoms with Crippen LogP contribution >= 0.6 is 11.6 Å². The highest BCUT2D eigenvalue weighted by Gasteiger charge is 2.24. The van der Waals surface area contributed by atoms with Gasteiger partial charge in [0.25, 0.3) is 0 Å². The molecule has 2 aromatic heterocycles. The number of aromatic nitrogens is 3. The lowest BCUT2D eigenvalue weighted by molar-refractivity contribution is 0.0697. The van der Waals surface area contributed by atoms with Crippen molar-refractivity contribution >= 4 is 28.6 Å². The fourth-order valence-corrected chi connectivity index (χ4v) is 5.32. The number of hydrogen-bond donors (Lipinski definition) is 1. The van der Waals surface area contributed by atoms with Crippen molar-refractivity contribution in [1.29, 1.82) is 0 Å². The Balaban J connectivity index is 1.23. The molecule has 10 heteroatoms. The van der Waals surface area contributed by atoms with E-state index in [1.165, 1.54) is 6.07 Å². The molecule has 0 spiro atoms. The van der Waals surface area contributed by atoms with E-state index in [1.807, 2.05) is 12.1 Å². The van der Waals surface area contributed by atoms with Crippen LogP contribution in [0.15, 0.2) is 54.6 Å². The van der Waals surface area contributed by atoms with Gasteiger partial charge in [-0.25, -0.2) is 19.2 Å². The van der Waals surface area contributed by atoms with Gasteiger partial charge in [-0.2, -0.15) is 0 Å². The minimum absolute atomic E-state index is 0.0806. The molecule has 0 saturated carbocycles. The van der Waals surface area contributed by atoms with Gasteiger partial charge in [-0.05, 0) is 68.8 Å². The maximum absolute atomic E-state index is 14.1. The van der Waals surface area contributed by atoms with Crippen molar-refractivity contribution in [2.75, 3.05) is 26.8 Å². The van der Waals surface area contributed by atoms with Gasteiger partial charge in [-0.1, -0.05) is 23.7 Å². The smallest absolute Gasteiger partial charge is 0.335 e. The summed E-state index contributed by atoms with van der Waals surface area (Å²) in [5.74, 6) is 0.349. The van der Waals surface area contributed by atoms with Crippen LogP contribution in [0, 0.1) is 5.82 Å². The first-order valence-corrected chi connectivity index (χ1v) is 13.8. The predicted molar refractivity (Wildman–Crippen MR) is 150 cm³/mol. The molecule has 40 heavy (non-hydrogen) atoms. The third kappa shape index (κ3) is 6.60. The van der Waals surface area contributed by atoms with E-state index in [2.05, 4.69) is 9.47 Å². The van der Waals surface area contributed by atoms with E-state index in [9.17, 15) is 14.3 Å². The normalized spacial score (nSPS) is 14.6. The van der Waals surface area contributed by atoms with Crippen LogP contribution in [0.2, 0.25) is 5.02 Å². The molecular formula is C30H32ClFN4O4. The van der Waals surface area contributed by atoms with E-state index < -0.39 is 11.8 Å². The summed E-state index contributed by atoms with van der Waals surface area (Å²) >= 11 is 5.84. The number of fused-ring (bicyclic) bond motifs is 1. The summed E-state index contributed by atoms with van der Waals surface area (Å²) in [7, 11) is 1.68. The van der Waals surface area contributed by atoms with Gasteiger partial charge in [-0.3, -0.25) is 4.90 Å². The molecule has 0 atom stereocenters. The van der Waals surface area contributed by atoms with E-state index >= 15 is 0 Å². The van der Waals surface area contributed by atoms with Crippen molar-refractivity contribution in [3.8, 4) is 5.88 Å². The molecule has 0 aliphatic carbocycles. The van der Waals surface area contributed by atoms with Gasteiger partial charge in [-0.15, -0.1) is 0 Å². The Morgan fingerprint density at radius 3 is 2.70 bits per heavy atom. The van der Waals surface area contributed by atoms with Crippen LogP contribution in [0.5, 0.6) is 5.88 Å². The molecule has 0 unspecified atom stereocenters. The summed E-state index contributed by atoms with van der Waals surface area (Å²) in [4.78, 5) is 23.5. The Morgan fingerprint density at radius 1 is 1.12 bits per heavy atom. The van der Waals surface area contributed by atoms with Gasteiger partial charge >= 0.3 is 5.97 Å². The Labute approximate surface area is 237 Å². The molecule has 210 valence electrons. The van der Waals surface area contributed by atoms with Gasteiger partial charge in [0, 0.05) is 48.5 Å². The number of pyridine rings is 1. The van der Waals surface area contributed by atoms with Gasteiger partial charge in [0.15, 0.2) is 0 Å². The zero-order valence-corrected chi connectivity index (χ0v) is 23.1. The fraction of sp³-hybridized carbons (Fsp3) is 0.367. The number of aryl methyl sites for hydroxylation is 1. The summed E-state index contributed by atoms with van der Waals surface area (Å²) in [6.45, 7) is 3.85. The lowest BCUT2D eigenvalue weighted by Gasteiger charge is -2.31. The molecule has 1 fully saturated rings. The number of aromatic carboxylic acids is 1. The maximum atomic E-state index is 14.1. The SMILES string of the molecule is COCCCn1c(CN2CCC(c3cccc(OCc4ccc(Cl)cc4F)n3)CC2)nc2ccc(C(=O)O)cc21. The fourth-order valence-electron chi connectivity index (χ4n) is 5.16. The number of likely N-dealkylation sites (tertiary alicyclic amines) is 1. The van der Waals surface area contributed by atoms with Crippen molar-refractivity contribution in [2.24, 2.45) is 0 Å². The van der Waals surface area contributed by atoms with Crippen molar-refractivity contribution in [1.82, 2.24) is 19.4 Å². The minimum Gasteiger partial charge on any atom is -0.478 e. The summed E-state index contributed by atoms with van der Waals surface area (Å²) < 4.78 is 27.3.